The van der Waals surface area contributed by atoms with E-state index < -0.39 is 0 Å². The molecule has 0 atom stereocenters. The van der Waals surface area contributed by atoms with Gasteiger partial charge in [-0.3, -0.25) is 0 Å². The maximum Gasteiger partial charge on any atom is 0.0958 e. The molecule has 7 heavy (non-hydrogen) atoms. The Kier molecular flexibility index (Phi) is 3.48. The first kappa shape index (κ1) is 6.54. The molecule has 0 N–H and O–H groups in total. The van der Waals surface area contributed by atoms with Gasteiger partial charge in [0, 0.05) is 6.42 Å². The average Bonchev–Trinajstić information content (AvgIpc) is 1.68. The molecule has 0 aromatic heterocycles. The Morgan fingerprint density at radius 1 is 1.57 bits per heavy atom. The number of ether oxygens (including phenoxy) is 1. The predicted octanol–water partition coefficient (Wildman–Crippen LogP) is 1.75. The van der Waals surface area contributed by atoms with Crippen molar-refractivity contribution in [1.29, 1.82) is 0 Å². The van der Waals surface area contributed by atoms with Gasteiger partial charge >= 0.3 is 0 Å². The van der Waals surface area contributed by atoms with E-state index in [1.54, 1.807) is 0 Å². The van der Waals surface area contributed by atoms with Crippen LogP contribution in [0.15, 0.2) is 5.76 Å². The summed E-state index contributed by atoms with van der Waals surface area (Å²) < 4.78 is 4.89. The smallest absolute Gasteiger partial charge is 0.0958 e. The summed E-state index contributed by atoms with van der Waals surface area (Å²) in [7, 11) is 0. The first-order valence-corrected chi connectivity index (χ1v) is 2.55. The molecule has 1 radical (unpaired) electrons. The lowest BCUT2D eigenvalue weighted by Crippen LogP contribution is -1.86. The number of rotatable bonds is 3. The fraction of sp³-hybridized carbons (Fsp3) is 0.667. The second-order valence-electron chi connectivity index (χ2n) is 1.25. The van der Waals surface area contributed by atoms with Crippen LogP contribution >= 0.6 is 0 Å². The fourth-order valence-corrected chi connectivity index (χ4v) is 0.287. The van der Waals surface area contributed by atoms with E-state index >= 15 is 0 Å². The van der Waals surface area contributed by atoms with Gasteiger partial charge in [-0.1, -0.05) is 6.92 Å². The molecule has 0 aromatic carbocycles. The Labute approximate surface area is 45.0 Å². The predicted molar refractivity (Wildman–Crippen MR) is 29.7 cm³/mol. The van der Waals surface area contributed by atoms with Gasteiger partial charge < -0.3 is 4.74 Å². The van der Waals surface area contributed by atoms with E-state index in [9.17, 15) is 0 Å². The zero-order valence-electron chi connectivity index (χ0n) is 4.90. The average molecular weight is 99.2 g/mol. The van der Waals surface area contributed by atoms with Gasteiger partial charge in [-0.15, -0.1) is 0 Å². The largest absolute Gasteiger partial charge is 0.498 e. The number of hydrogen-bond acceptors (Lipinski definition) is 1. The van der Waals surface area contributed by atoms with Crippen LogP contribution in [-0.4, -0.2) is 6.61 Å². The lowest BCUT2D eigenvalue weighted by atomic mass is 10.4. The van der Waals surface area contributed by atoms with Crippen molar-refractivity contribution in [3.63, 3.8) is 0 Å². The molecule has 0 aromatic rings. The normalized spacial score (nSPS) is 8.29. The summed E-state index contributed by atoms with van der Waals surface area (Å²) >= 11 is 0. The van der Waals surface area contributed by atoms with E-state index in [1.165, 1.54) is 0 Å². The summed E-state index contributed by atoms with van der Waals surface area (Å²) in [6.07, 6.45) is 0.813. The summed E-state index contributed by atoms with van der Waals surface area (Å²) in [5.74, 6) is 0.627. The first-order valence-electron chi connectivity index (χ1n) is 2.55. The van der Waals surface area contributed by atoms with Gasteiger partial charge in [0.15, 0.2) is 0 Å². The molecular weight excluding hydrogens is 88.1 g/mol. The summed E-state index contributed by atoms with van der Waals surface area (Å²) in [4.78, 5) is 0. The second-order valence-corrected chi connectivity index (χ2v) is 1.25. The third kappa shape index (κ3) is 3.37. The topological polar surface area (TPSA) is 9.23 Å². The molecule has 0 aliphatic rings. The molecule has 0 saturated heterocycles. The van der Waals surface area contributed by atoms with Crippen LogP contribution in [0.1, 0.15) is 20.3 Å². The molecule has 0 aliphatic heterocycles. The standard InChI is InChI=1S/C6H11O/c1-4-6(3)7-5-2/h3H,4-5H2,1-2H3. The van der Waals surface area contributed by atoms with Gasteiger partial charge in [-0.25, -0.2) is 0 Å². The summed E-state index contributed by atoms with van der Waals surface area (Å²) in [6.45, 7) is 9.84. The SMILES string of the molecule is [CH]=C(CC)OCC. The van der Waals surface area contributed by atoms with Crippen molar-refractivity contribution in [3.8, 4) is 0 Å². The molecule has 0 amide bonds. The van der Waals surface area contributed by atoms with E-state index in [0.29, 0.717) is 12.4 Å². The van der Waals surface area contributed by atoms with E-state index in [2.05, 4.69) is 0 Å². The van der Waals surface area contributed by atoms with Crippen molar-refractivity contribution in [2.45, 2.75) is 20.3 Å². The van der Waals surface area contributed by atoms with Crippen LogP contribution in [0.4, 0.5) is 0 Å². The van der Waals surface area contributed by atoms with Crippen LogP contribution in [0.2, 0.25) is 0 Å². The van der Waals surface area contributed by atoms with Gasteiger partial charge in [0.2, 0.25) is 0 Å². The van der Waals surface area contributed by atoms with Gasteiger partial charge in [0.25, 0.3) is 0 Å². The van der Waals surface area contributed by atoms with Crippen LogP contribution in [0, 0.1) is 6.58 Å². The van der Waals surface area contributed by atoms with Gasteiger partial charge in [-0.2, -0.15) is 0 Å². The minimum absolute atomic E-state index is 0.627. The van der Waals surface area contributed by atoms with E-state index in [1.807, 2.05) is 13.8 Å². The van der Waals surface area contributed by atoms with Crippen LogP contribution in [-0.2, 0) is 4.74 Å². The summed E-state index contributed by atoms with van der Waals surface area (Å²) in [5, 5.41) is 0. The Bertz CT molecular complexity index is 57.2. The van der Waals surface area contributed by atoms with Crippen molar-refractivity contribution < 1.29 is 4.74 Å². The molecule has 0 aliphatic carbocycles. The lowest BCUT2D eigenvalue weighted by molar-refractivity contribution is 0.221. The van der Waals surface area contributed by atoms with Crippen molar-refractivity contribution in [1.82, 2.24) is 0 Å². The zero-order valence-corrected chi connectivity index (χ0v) is 4.90. The third-order valence-corrected chi connectivity index (χ3v) is 0.678. The molecule has 41 valence electrons. The molecule has 0 heterocycles. The van der Waals surface area contributed by atoms with Crippen LogP contribution in [0.5, 0.6) is 0 Å². The highest BCUT2D eigenvalue weighted by Crippen LogP contribution is 1.95. The molecule has 0 bridgehead atoms. The van der Waals surface area contributed by atoms with Crippen molar-refractivity contribution in [3.05, 3.63) is 12.3 Å². The fourth-order valence-electron chi connectivity index (χ4n) is 0.287. The highest BCUT2D eigenvalue weighted by Gasteiger charge is 1.82. The third-order valence-electron chi connectivity index (χ3n) is 0.678. The molecule has 1 nitrogen and oxygen atoms in total. The lowest BCUT2D eigenvalue weighted by Gasteiger charge is -1.99. The zero-order chi connectivity index (χ0) is 5.70. The maximum absolute atomic E-state index is 5.28. The Balaban J connectivity index is 3.00. The quantitative estimate of drug-likeness (QED) is 0.490. The number of allylic oxidation sites excluding steroid dienone is 1. The monoisotopic (exact) mass is 99.1 g/mol. The highest BCUT2D eigenvalue weighted by molar-refractivity contribution is 4.74. The molecular formula is C6H11O. The Morgan fingerprint density at radius 3 is 2.29 bits per heavy atom. The van der Waals surface area contributed by atoms with E-state index in [-0.39, 0.29) is 0 Å². The molecule has 1 heteroatoms. The minimum Gasteiger partial charge on any atom is -0.498 e. The summed E-state index contributed by atoms with van der Waals surface area (Å²) in [5.41, 5.74) is 0. The van der Waals surface area contributed by atoms with Gasteiger partial charge in [0.1, 0.15) is 0 Å². The molecule has 0 unspecified atom stereocenters. The minimum atomic E-state index is 0.627. The number of hydrogen-bond donors (Lipinski definition) is 0. The van der Waals surface area contributed by atoms with Crippen molar-refractivity contribution >= 4 is 0 Å². The van der Waals surface area contributed by atoms with Gasteiger partial charge in [-0.05, 0) is 13.5 Å². The van der Waals surface area contributed by atoms with E-state index in [4.69, 9.17) is 11.3 Å². The molecule has 0 fully saturated rings. The molecule has 0 rings (SSSR count). The van der Waals surface area contributed by atoms with Crippen molar-refractivity contribution in [2.75, 3.05) is 6.61 Å². The Morgan fingerprint density at radius 2 is 2.14 bits per heavy atom. The van der Waals surface area contributed by atoms with Gasteiger partial charge in [0.05, 0.1) is 12.4 Å². The summed E-state index contributed by atoms with van der Waals surface area (Å²) in [6, 6.07) is 0. The molecule has 0 spiro atoms. The Hall–Kier alpha value is -0.460. The highest BCUT2D eigenvalue weighted by atomic mass is 16.5. The van der Waals surface area contributed by atoms with Crippen LogP contribution < -0.4 is 0 Å². The first-order chi connectivity index (χ1) is 3.31. The second kappa shape index (κ2) is 3.72. The van der Waals surface area contributed by atoms with E-state index in [0.717, 1.165) is 6.42 Å². The van der Waals surface area contributed by atoms with Crippen LogP contribution in [0.3, 0.4) is 0 Å². The van der Waals surface area contributed by atoms with Crippen molar-refractivity contribution in [2.24, 2.45) is 0 Å². The van der Waals surface area contributed by atoms with Crippen LogP contribution in [0.25, 0.3) is 0 Å². The maximum atomic E-state index is 5.28. The molecule has 0 saturated carbocycles.